The van der Waals surface area contributed by atoms with Crippen LogP contribution in [0, 0.1) is 52.3 Å². The summed E-state index contributed by atoms with van der Waals surface area (Å²) in [5.41, 5.74) is 0.0136. The molecule has 3 rings (SSSR count). The number of carbonyl (C=O) groups is 1. The molecule has 0 spiro atoms. The predicted octanol–water partition coefficient (Wildman–Crippen LogP) is 7.07. The number of cyclic esters (lactones) is 1. The summed E-state index contributed by atoms with van der Waals surface area (Å²) in [6.07, 6.45) is 14.8. The maximum absolute atomic E-state index is 12.6. The van der Waals surface area contributed by atoms with Gasteiger partial charge in [-0.25, -0.2) is 0 Å². The molecule has 168 valence electrons. The van der Waals surface area contributed by atoms with E-state index < -0.39 is 0 Å². The molecule has 30 heavy (non-hydrogen) atoms. The van der Waals surface area contributed by atoms with E-state index in [2.05, 4.69) is 40.7 Å². The Bertz CT molecular complexity index is 677. The third-order valence-corrected chi connectivity index (χ3v) is 9.17. The first-order chi connectivity index (χ1) is 14.2. The van der Waals surface area contributed by atoms with E-state index in [0.29, 0.717) is 29.6 Å². The molecule has 3 fully saturated rings. The smallest absolute Gasteiger partial charge is 0.306 e. The van der Waals surface area contributed by atoms with Gasteiger partial charge in [0.2, 0.25) is 0 Å². The van der Waals surface area contributed by atoms with Gasteiger partial charge in [-0.2, -0.15) is 5.26 Å². The summed E-state index contributed by atoms with van der Waals surface area (Å²) < 4.78 is 6.00. The van der Waals surface area contributed by atoms with Crippen LogP contribution in [0.1, 0.15) is 98.8 Å². The van der Waals surface area contributed by atoms with Gasteiger partial charge in [0, 0.05) is 18.4 Å². The minimum Gasteiger partial charge on any atom is -0.459 e. The molecule has 1 heterocycles. The van der Waals surface area contributed by atoms with Gasteiger partial charge in [-0.3, -0.25) is 4.79 Å². The lowest BCUT2D eigenvalue weighted by atomic mass is 9.52. The number of allylic oxidation sites excluding steroid dienone is 2. The minimum absolute atomic E-state index is 0.000643. The molecule has 1 saturated heterocycles. The quantitative estimate of drug-likeness (QED) is 0.316. The Morgan fingerprint density at radius 3 is 2.63 bits per heavy atom. The lowest BCUT2D eigenvalue weighted by Crippen LogP contribution is -2.55. The van der Waals surface area contributed by atoms with Crippen LogP contribution in [0.4, 0.5) is 0 Å². The normalized spacial score (nSPS) is 39.4. The van der Waals surface area contributed by atoms with Crippen LogP contribution in [-0.2, 0) is 9.53 Å². The molecule has 3 aliphatic rings. The molecule has 0 N–H and O–H groups in total. The second kappa shape index (κ2) is 9.46. The highest BCUT2D eigenvalue weighted by atomic mass is 16.6. The summed E-state index contributed by atoms with van der Waals surface area (Å²) >= 11 is 0. The first kappa shape index (κ1) is 23.4. The van der Waals surface area contributed by atoms with Crippen molar-refractivity contribution in [2.75, 3.05) is 0 Å². The third-order valence-electron chi connectivity index (χ3n) is 9.17. The number of carbonyl (C=O) groups excluding carboxylic acids is 1. The van der Waals surface area contributed by atoms with Gasteiger partial charge in [0.25, 0.3) is 0 Å². The van der Waals surface area contributed by atoms with Crippen molar-refractivity contribution in [2.45, 2.75) is 104 Å². The molecule has 0 aromatic rings. The molecule has 3 heteroatoms. The van der Waals surface area contributed by atoms with Crippen LogP contribution in [0.25, 0.3) is 0 Å². The number of hydrogen-bond acceptors (Lipinski definition) is 3. The van der Waals surface area contributed by atoms with Crippen molar-refractivity contribution in [3.63, 3.8) is 0 Å². The van der Waals surface area contributed by atoms with Gasteiger partial charge in [-0.05, 0) is 80.5 Å². The molecule has 7 atom stereocenters. The molecule has 1 aliphatic heterocycles. The van der Waals surface area contributed by atoms with Crippen LogP contribution in [0.5, 0.6) is 0 Å². The van der Waals surface area contributed by atoms with Crippen molar-refractivity contribution in [2.24, 2.45) is 40.9 Å². The standard InChI is InChI=1S/C27H43NO2/c1-19(2)10-9-11-20(3)22-12-13-23-21-18-25(29)30-27(5,15-7-6-8-17-28)24(21)14-16-26(22,23)4/h6,8,19-24H,7,9-16,18H2,1-5H3/b8-6-/t20-,21+,22-,23+,24+,26-,27+/m1/s1. The van der Waals surface area contributed by atoms with Gasteiger partial charge < -0.3 is 4.74 Å². The Balaban J connectivity index is 1.72. The first-order valence-electron chi connectivity index (χ1n) is 12.5. The van der Waals surface area contributed by atoms with E-state index in [0.717, 1.165) is 30.6 Å². The Morgan fingerprint density at radius 1 is 1.17 bits per heavy atom. The molecule has 0 amide bonds. The van der Waals surface area contributed by atoms with Crippen molar-refractivity contribution < 1.29 is 9.53 Å². The van der Waals surface area contributed by atoms with Crippen LogP contribution in [-0.4, -0.2) is 11.6 Å². The topological polar surface area (TPSA) is 50.1 Å². The number of fused-ring (bicyclic) bond motifs is 3. The Kier molecular flexibility index (Phi) is 7.36. The highest BCUT2D eigenvalue weighted by Gasteiger charge is 2.60. The largest absolute Gasteiger partial charge is 0.459 e. The van der Waals surface area contributed by atoms with E-state index in [1.165, 1.54) is 44.9 Å². The molecule has 3 nitrogen and oxygen atoms in total. The maximum atomic E-state index is 12.6. The summed E-state index contributed by atoms with van der Waals surface area (Å²) in [6.45, 7) is 11.9. The molecule has 0 bridgehead atoms. The lowest BCUT2D eigenvalue weighted by molar-refractivity contribution is -0.196. The van der Waals surface area contributed by atoms with E-state index in [1.807, 2.05) is 6.08 Å². The van der Waals surface area contributed by atoms with Crippen molar-refractivity contribution in [3.05, 3.63) is 12.2 Å². The Hall–Kier alpha value is -1.30. The van der Waals surface area contributed by atoms with Gasteiger partial charge in [-0.1, -0.05) is 53.0 Å². The zero-order valence-corrected chi connectivity index (χ0v) is 20.0. The monoisotopic (exact) mass is 413 g/mol. The fourth-order valence-corrected chi connectivity index (χ4v) is 7.67. The number of rotatable bonds is 8. The SMILES string of the molecule is CC(C)CCC[C@@H](C)[C@H]1CC[C@H]2[C@@H]3CC(=O)O[C@@](C)(CC/C=C\C#N)[C@H]3CC[C@]12C. The van der Waals surface area contributed by atoms with Crippen LogP contribution in [0.3, 0.4) is 0 Å². The summed E-state index contributed by atoms with van der Waals surface area (Å²) in [5, 5.41) is 8.76. The number of hydrogen-bond donors (Lipinski definition) is 0. The first-order valence-corrected chi connectivity index (χ1v) is 12.5. The zero-order valence-electron chi connectivity index (χ0n) is 20.0. The van der Waals surface area contributed by atoms with Crippen LogP contribution in [0.2, 0.25) is 0 Å². The Morgan fingerprint density at radius 2 is 1.93 bits per heavy atom. The average molecular weight is 414 g/mol. The molecular weight excluding hydrogens is 370 g/mol. The van der Waals surface area contributed by atoms with E-state index >= 15 is 0 Å². The van der Waals surface area contributed by atoms with Crippen LogP contribution >= 0.6 is 0 Å². The van der Waals surface area contributed by atoms with Gasteiger partial charge in [-0.15, -0.1) is 0 Å². The van der Waals surface area contributed by atoms with Gasteiger partial charge in [0.05, 0.1) is 6.07 Å². The molecular formula is C27H43NO2. The average Bonchev–Trinajstić information content (AvgIpc) is 3.02. The minimum atomic E-state index is -0.373. The molecule has 0 unspecified atom stereocenters. The maximum Gasteiger partial charge on any atom is 0.306 e. The van der Waals surface area contributed by atoms with Gasteiger partial charge in [0.15, 0.2) is 0 Å². The fraction of sp³-hybridized carbons (Fsp3) is 0.852. The van der Waals surface area contributed by atoms with Crippen molar-refractivity contribution in [3.8, 4) is 6.07 Å². The van der Waals surface area contributed by atoms with Gasteiger partial charge >= 0.3 is 5.97 Å². The molecule has 0 aromatic carbocycles. The molecule has 2 saturated carbocycles. The van der Waals surface area contributed by atoms with Gasteiger partial charge in [0.1, 0.15) is 5.60 Å². The number of ether oxygens (including phenoxy) is 1. The fourth-order valence-electron chi connectivity index (χ4n) is 7.67. The second-order valence-electron chi connectivity index (χ2n) is 11.5. The van der Waals surface area contributed by atoms with Crippen molar-refractivity contribution >= 4 is 5.97 Å². The number of esters is 1. The summed E-state index contributed by atoms with van der Waals surface area (Å²) in [4.78, 5) is 12.6. The Labute approximate surface area is 184 Å². The van der Waals surface area contributed by atoms with E-state index in [1.54, 1.807) is 6.08 Å². The third kappa shape index (κ3) is 4.63. The number of nitrogens with zero attached hydrogens (tertiary/aromatic N) is 1. The number of nitriles is 1. The van der Waals surface area contributed by atoms with Crippen LogP contribution in [0.15, 0.2) is 12.2 Å². The highest BCUT2D eigenvalue weighted by molar-refractivity contribution is 5.71. The van der Waals surface area contributed by atoms with E-state index in [4.69, 9.17) is 10.00 Å². The molecule has 0 aromatic heterocycles. The van der Waals surface area contributed by atoms with E-state index in [-0.39, 0.29) is 11.6 Å². The second-order valence-corrected chi connectivity index (χ2v) is 11.5. The molecule has 2 aliphatic carbocycles. The van der Waals surface area contributed by atoms with Crippen molar-refractivity contribution in [1.82, 2.24) is 0 Å². The summed E-state index contributed by atoms with van der Waals surface area (Å²) in [6, 6.07) is 2.07. The summed E-state index contributed by atoms with van der Waals surface area (Å²) in [7, 11) is 0. The highest BCUT2D eigenvalue weighted by Crippen LogP contribution is 2.64. The summed E-state index contributed by atoms with van der Waals surface area (Å²) in [5.74, 6) is 4.00. The van der Waals surface area contributed by atoms with Crippen molar-refractivity contribution in [1.29, 1.82) is 5.26 Å². The molecule has 0 radical (unpaired) electrons. The van der Waals surface area contributed by atoms with Crippen LogP contribution < -0.4 is 0 Å². The predicted molar refractivity (Wildman–Crippen MR) is 121 cm³/mol. The lowest BCUT2D eigenvalue weighted by Gasteiger charge is -2.56. The van der Waals surface area contributed by atoms with E-state index in [9.17, 15) is 4.79 Å². The zero-order chi connectivity index (χ0) is 21.9.